The van der Waals surface area contributed by atoms with E-state index in [4.69, 9.17) is 4.74 Å². The molecule has 3 nitrogen and oxygen atoms in total. The Labute approximate surface area is 116 Å². The summed E-state index contributed by atoms with van der Waals surface area (Å²) < 4.78 is 5.29. The van der Waals surface area contributed by atoms with Crippen molar-refractivity contribution in [1.29, 1.82) is 0 Å². The molecule has 2 N–H and O–H groups in total. The van der Waals surface area contributed by atoms with E-state index < -0.39 is 6.10 Å². The molecule has 0 aromatic heterocycles. The first-order valence-corrected chi connectivity index (χ1v) is 7.35. The highest BCUT2D eigenvalue weighted by molar-refractivity contribution is 5.35. The van der Waals surface area contributed by atoms with E-state index in [0.29, 0.717) is 12.6 Å². The predicted octanol–water partition coefficient (Wildman–Crippen LogP) is 3.04. The van der Waals surface area contributed by atoms with Crippen LogP contribution in [0.5, 0.6) is 5.75 Å². The van der Waals surface area contributed by atoms with Gasteiger partial charge in [-0.2, -0.15) is 0 Å². The Morgan fingerprint density at radius 3 is 2.58 bits per heavy atom. The Hall–Kier alpha value is -1.06. The van der Waals surface area contributed by atoms with Crippen molar-refractivity contribution >= 4 is 0 Å². The highest BCUT2D eigenvalue weighted by Gasteiger charge is 2.16. The van der Waals surface area contributed by atoms with Crippen molar-refractivity contribution < 1.29 is 9.84 Å². The molecule has 19 heavy (non-hydrogen) atoms. The monoisotopic (exact) mass is 263 g/mol. The molecule has 0 amide bonds. The zero-order chi connectivity index (χ0) is 13.5. The van der Waals surface area contributed by atoms with E-state index in [1.54, 1.807) is 7.11 Å². The lowest BCUT2D eigenvalue weighted by Gasteiger charge is -2.20. The van der Waals surface area contributed by atoms with Crippen molar-refractivity contribution in [3.63, 3.8) is 0 Å². The van der Waals surface area contributed by atoms with Crippen LogP contribution in [0.15, 0.2) is 24.3 Å². The summed E-state index contributed by atoms with van der Waals surface area (Å²) in [5, 5.41) is 13.8. The predicted molar refractivity (Wildman–Crippen MR) is 77.4 cm³/mol. The lowest BCUT2D eigenvalue weighted by atomic mass is 10.1. The summed E-state index contributed by atoms with van der Waals surface area (Å²) in [4.78, 5) is 0. The number of ether oxygens (including phenoxy) is 1. The van der Waals surface area contributed by atoms with Crippen molar-refractivity contribution in [2.24, 2.45) is 0 Å². The fraction of sp³-hybridized carbons (Fsp3) is 0.625. The van der Waals surface area contributed by atoms with Crippen molar-refractivity contribution in [2.45, 2.75) is 50.7 Å². The van der Waals surface area contributed by atoms with E-state index in [1.807, 2.05) is 24.3 Å². The first-order valence-electron chi connectivity index (χ1n) is 7.35. The molecule has 0 aliphatic heterocycles. The third kappa shape index (κ3) is 4.22. The first kappa shape index (κ1) is 14.4. The van der Waals surface area contributed by atoms with Gasteiger partial charge in [-0.25, -0.2) is 0 Å². The third-order valence-corrected chi connectivity index (χ3v) is 3.95. The zero-order valence-electron chi connectivity index (χ0n) is 11.8. The van der Waals surface area contributed by atoms with Crippen LogP contribution in [0.4, 0.5) is 0 Å². The van der Waals surface area contributed by atoms with Gasteiger partial charge in [0.2, 0.25) is 0 Å². The van der Waals surface area contributed by atoms with Crippen LogP contribution in [0.2, 0.25) is 0 Å². The first-order chi connectivity index (χ1) is 9.31. The number of methoxy groups -OCH3 is 1. The Kier molecular flexibility index (Phi) is 5.67. The van der Waals surface area contributed by atoms with E-state index in [-0.39, 0.29) is 0 Å². The highest BCUT2D eigenvalue weighted by Crippen LogP contribution is 2.25. The average Bonchev–Trinajstić information content (AvgIpc) is 2.73. The molecule has 0 bridgehead atoms. The van der Waals surface area contributed by atoms with Crippen molar-refractivity contribution in [3.05, 3.63) is 29.8 Å². The van der Waals surface area contributed by atoms with Gasteiger partial charge in [0.25, 0.3) is 0 Å². The van der Waals surface area contributed by atoms with E-state index in [0.717, 1.165) is 11.3 Å². The van der Waals surface area contributed by atoms with Gasteiger partial charge in [0, 0.05) is 18.2 Å². The summed E-state index contributed by atoms with van der Waals surface area (Å²) in [7, 11) is 1.64. The second-order valence-electron chi connectivity index (χ2n) is 5.35. The topological polar surface area (TPSA) is 41.5 Å². The van der Waals surface area contributed by atoms with Crippen molar-refractivity contribution in [1.82, 2.24) is 5.32 Å². The largest absolute Gasteiger partial charge is 0.496 e. The number of benzene rings is 1. The fourth-order valence-electron chi connectivity index (χ4n) is 2.81. The summed E-state index contributed by atoms with van der Waals surface area (Å²) in [6, 6.07) is 8.25. The Bertz CT molecular complexity index is 373. The standard InChI is InChI=1S/C16H25NO2/c1-19-16-11-7-6-10-14(16)15(18)12-17-13-8-4-2-3-5-9-13/h6-7,10-11,13,15,17-18H,2-5,8-9,12H2,1H3. The maximum absolute atomic E-state index is 10.3. The SMILES string of the molecule is COc1ccccc1C(O)CNC1CCCCCC1. The fourth-order valence-corrected chi connectivity index (χ4v) is 2.81. The zero-order valence-corrected chi connectivity index (χ0v) is 11.8. The van der Waals surface area contributed by atoms with Gasteiger partial charge in [0.1, 0.15) is 5.75 Å². The van der Waals surface area contributed by atoms with Gasteiger partial charge in [-0.15, -0.1) is 0 Å². The molecule has 1 aromatic carbocycles. The minimum absolute atomic E-state index is 0.501. The number of hydrogen-bond acceptors (Lipinski definition) is 3. The number of rotatable bonds is 5. The van der Waals surface area contributed by atoms with E-state index in [9.17, 15) is 5.11 Å². The number of aliphatic hydroxyl groups is 1. The Morgan fingerprint density at radius 1 is 1.21 bits per heavy atom. The molecule has 1 unspecified atom stereocenters. The molecule has 0 radical (unpaired) electrons. The molecule has 1 aliphatic carbocycles. The summed E-state index contributed by atoms with van der Waals surface area (Å²) in [5.41, 5.74) is 0.867. The van der Waals surface area contributed by atoms with E-state index in [2.05, 4.69) is 5.32 Å². The summed E-state index contributed by atoms with van der Waals surface area (Å²) in [5.74, 6) is 0.762. The lowest BCUT2D eigenvalue weighted by molar-refractivity contribution is 0.164. The maximum Gasteiger partial charge on any atom is 0.124 e. The second kappa shape index (κ2) is 7.51. The minimum atomic E-state index is -0.501. The maximum atomic E-state index is 10.3. The lowest BCUT2D eigenvalue weighted by Crippen LogP contribution is -2.32. The molecule has 0 saturated heterocycles. The van der Waals surface area contributed by atoms with Crippen LogP contribution in [-0.2, 0) is 0 Å². The Balaban J connectivity index is 1.87. The van der Waals surface area contributed by atoms with Gasteiger partial charge in [0.05, 0.1) is 13.2 Å². The summed E-state index contributed by atoms with van der Waals surface area (Å²) >= 11 is 0. The van der Waals surface area contributed by atoms with E-state index >= 15 is 0 Å². The Morgan fingerprint density at radius 2 is 1.89 bits per heavy atom. The van der Waals surface area contributed by atoms with Gasteiger partial charge in [-0.1, -0.05) is 43.9 Å². The number of para-hydroxylation sites is 1. The van der Waals surface area contributed by atoms with Gasteiger partial charge in [-0.05, 0) is 18.9 Å². The number of hydrogen-bond donors (Lipinski definition) is 2. The molecule has 106 valence electrons. The summed E-state index contributed by atoms with van der Waals surface area (Å²) in [6.07, 6.45) is 7.29. The minimum Gasteiger partial charge on any atom is -0.496 e. The molecule has 0 spiro atoms. The quantitative estimate of drug-likeness (QED) is 0.802. The molecule has 1 aliphatic rings. The highest BCUT2D eigenvalue weighted by atomic mass is 16.5. The van der Waals surface area contributed by atoms with Crippen LogP contribution in [0, 0.1) is 0 Å². The second-order valence-corrected chi connectivity index (χ2v) is 5.35. The van der Waals surface area contributed by atoms with Gasteiger partial charge in [0.15, 0.2) is 0 Å². The van der Waals surface area contributed by atoms with Crippen LogP contribution in [-0.4, -0.2) is 24.8 Å². The molecule has 3 heteroatoms. The smallest absolute Gasteiger partial charge is 0.124 e. The van der Waals surface area contributed by atoms with Crippen molar-refractivity contribution in [2.75, 3.05) is 13.7 Å². The molecule has 1 aromatic rings. The molecular weight excluding hydrogens is 238 g/mol. The van der Waals surface area contributed by atoms with Crippen LogP contribution in [0.25, 0.3) is 0 Å². The third-order valence-electron chi connectivity index (χ3n) is 3.95. The molecule has 1 fully saturated rings. The van der Waals surface area contributed by atoms with E-state index in [1.165, 1.54) is 38.5 Å². The summed E-state index contributed by atoms with van der Waals surface area (Å²) in [6.45, 7) is 0.602. The normalized spacial score (nSPS) is 18.8. The molecule has 0 heterocycles. The molecule has 1 saturated carbocycles. The van der Waals surface area contributed by atoms with Crippen LogP contribution in [0.1, 0.15) is 50.2 Å². The van der Waals surface area contributed by atoms with Crippen LogP contribution >= 0.6 is 0 Å². The van der Waals surface area contributed by atoms with Crippen molar-refractivity contribution in [3.8, 4) is 5.75 Å². The number of nitrogens with one attached hydrogen (secondary N) is 1. The van der Waals surface area contributed by atoms with Crippen LogP contribution < -0.4 is 10.1 Å². The molecule has 2 rings (SSSR count). The number of aliphatic hydroxyl groups excluding tert-OH is 1. The molecule has 1 atom stereocenters. The van der Waals surface area contributed by atoms with Gasteiger partial charge >= 0.3 is 0 Å². The average molecular weight is 263 g/mol. The van der Waals surface area contributed by atoms with Gasteiger partial charge < -0.3 is 15.2 Å². The van der Waals surface area contributed by atoms with Crippen LogP contribution in [0.3, 0.4) is 0 Å². The molecular formula is C16H25NO2. The van der Waals surface area contributed by atoms with Gasteiger partial charge in [-0.3, -0.25) is 0 Å².